The van der Waals surface area contributed by atoms with Crippen LogP contribution in [-0.2, 0) is 29.1 Å². The number of rotatable bonds is 1. The number of nitrogens with one attached hydrogen (secondary N) is 1. The van der Waals surface area contributed by atoms with Crippen LogP contribution in [0.4, 0.5) is 0 Å². The van der Waals surface area contributed by atoms with E-state index in [2.05, 4.69) is 5.32 Å². The van der Waals surface area contributed by atoms with E-state index in [1.165, 1.54) is 6.08 Å². The molecule has 72 valence electrons. The van der Waals surface area contributed by atoms with Crippen molar-refractivity contribution in [2.24, 2.45) is 0 Å². The minimum atomic E-state index is -0.344. The minimum absolute atomic E-state index is 0. The maximum absolute atomic E-state index is 11.2. The molecule has 0 bridgehead atoms. The zero-order valence-corrected chi connectivity index (χ0v) is 8.87. The summed E-state index contributed by atoms with van der Waals surface area (Å²) < 4.78 is 0. The molecule has 2 rings (SSSR count). The molecule has 14 heavy (non-hydrogen) atoms. The maximum Gasteiger partial charge on any atom is 0.258 e. The molecule has 3 nitrogen and oxygen atoms in total. The van der Waals surface area contributed by atoms with Gasteiger partial charge in [-0.3, -0.25) is 14.9 Å². The molecule has 1 aromatic rings. The van der Waals surface area contributed by atoms with Gasteiger partial charge >= 0.3 is 0 Å². The van der Waals surface area contributed by atoms with E-state index in [9.17, 15) is 9.59 Å². The average molecular weight is 274 g/mol. The Morgan fingerprint density at radius 3 is 2.14 bits per heavy atom. The molecule has 2 amide bonds. The van der Waals surface area contributed by atoms with E-state index in [-0.39, 0.29) is 31.3 Å². The first-order valence-electron chi connectivity index (χ1n) is 3.90. The molecular formula is C10H7NO2Ru. The van der Waals surface area contributed by atoms with Crippen molar-refractivity contribution in [2.75, 3.05) is 0 Å². The Morgan fingerprint density at radius 1 is 1.00 bits per heavy atom. The van der Waals surface area contributed by atoms with Crippen LogP contribution in [0.25, 0.3) is 5.57 Å². The number of hydrogen-bond acceptors (Lipinski definition) is 2. The second-order valence-electron chi connectivity index (χ2n) is 2.74. The monoisotopic (exact) mass is 275 g/mol. The normalized spacial score (nSPS) is 14.4. The fraction of sp³-hybridized carbons (Fsp3) is 0. The van der Waals surface area contributed by atoms with Crippen LogP contribution in [0.3, 0.4) is 0 Å². The fourth-order valence-electron chi connectivity index (χ4n) is 1.24. The number of benzene rings is 1. The van der Waals surface area contributed by atoms with Crippen molar-refractivity contribution in [1.29, 1.82) is 0 Å². The van der Waals surface area contributed by atoms with Crippen molar-refractivity contribution in [1.82, 2.24) is 5.32 Å². The predicted molar refractivity (Wildman–Crippen MR) is 47.6 cm³/mol. The number of carbonyl (C=O) groups is 2. The zero-order valence-electron chi connectivity index (χ0n) is 7.13. The summed E-state index contributed by atoms with van der Waals surface area (Å²) in [5.41, 5.74) is 1.21. The summed E-state index contributed by atoms with van der Waals surface area (Å²) in [6, 6.07) is 9.10. The Hall–Kier alpha value is -1.28. The molecule has 0 aromatic heterocycles. The van der Waals surface area contributed by atoms with Gasteiger partial charge in [-0.25, -0.2) is 0 Å². The van der Waals surface area contributed by atoms with Crippen LogP contribution in [-0.4, -0.2) is 11.8 Å². The molecule has 1 heterocycles. The van der Waals surface area contributed by atoms with Gasteiger partial charge in [0.1, 0.15) is 0 Å². The van der Waals surface area contributed by atoms with Crippen LogP contribution in [0.1, 0.15) is 5.56 Å². The molecule has 0 saturated heterocycles. The van der Waals surface area contributed by atoms with Crippen molar-refractivity contribution in [3.63, 3.8) is 0 Å². The Kier molecular flexibility index (Phi) is 3.31. The standard InChI is InChI=1S/C10H7NO2.Ru/c12-9-6-8(10(13)11-9)7-4-2-1-3-5-7;/h1-6H,(H,11,12,13);. The molecule has 1 aromatic carbocycles. The SMILES string of the molecule is O=C1C=C(c2ccccc2)C(=O)N1.[Ru]. The van der Waals surface area contributed by atoms with E-state index in [1.54, 1.807) is 12.1 Å². The van der Waals surface area contributed by atoms with E-state index in [0.717, 1.165) is 5.56 Å². The molecule has 0 saturated carbocycles. The number of hydrogen-bond donors (Lipinski definition) is 1. The van der Waals surface area contributed by atoms with Gasteiger partial charge in [-0.2, -0.15) is 0 Å². The molecule has 0 radical (unpaired) electrons. The van der Waals surface area contributed by atoms with Crippen LogP contribution in [0.5, 0.6) is 0 Å². The first kappa shape index (κ1) is 10.8. The molecule has 0 atom stereocenters. The van der Waals surface area contributed by atoms with Crippen molar-refractivity contribution < 1.29 is 29.1 Å². The fourth-order valence-corrected chi connectivity index (χ4v) is 1.24. The Balaban J connectivity index is 0.000000980. The van der Waals surface area contributed by atoms with Crippen molar-refractivity contribution in [2.45, 2.75) is 0 Å². The summed E-state index contributed by atoms with van der Waals surface area (Å²) >= 11 is 0. The van der Waals surface area contributed by atoms with Gasteiger partial charge < -0.3 is 0 Å². The number of carbonyl (C=O) groups excluding carboxylic acids is 2. The number of amides is 2. The quantitative estimate of drug-likeness (QED) is 0.606. The van der Waals surface area contributed by atoms with Gasteiger partial charge in [0.15, 0.2) is 0 Å². The largest absolute Gasteiger partial charge is 0.289 e. The molecule has 1 N–H and O–H groups in total. The van der Waals surface area contributed by atoms with E-state index in [4.69, 9.17) is 0 Å². The third-order valence-corrected chi connectivity index (χ3v) is 1.84. The third kappa shape index (κ3) is 1.96. The Bertz CT molecular complexity index is 398. The molecule has 0 spiro atoms. The molecule has 0 fully saturated rings. The summed E-state index contributed by atoms with van der Waals surface area (Å²) in [7, 11) is 0. The van der Waals surface area contributed by atoms with Gasteiger partial charge in [0, 0.05) is 25.6 Å². The van der Waals surface area contributed by atoms with Gasteiger partial charge in [0.05, 0.1) is 5.57 Å². The van der Waals surface area contributed by atoms with Crippen molar-refractivity contribution in [3.8, 4) is 0 Å². The van der Waals surface area contributed by atoms with Gasteiger partial charge in [0.2, 0.25) is 0 Å². The van der Waals surface area contributed by atoms with E-state index < -0.39 is 0 Å². The van der Waals surface area contributed by atoms with E-state index >= 15 is 0 Å². The summed E-state index contributed by atoms with van der Waals surface area (Å²) in [6.45, 7) is 0. The summed E-state index contributed by atoms with van der Waals surface area (Å²) in [6.07, 6.45) is 1.32. The molecule has 1 aliphatic rings. The third-order valence-electron chi connectivity index (χ3n) is 1.84. The van der Waals surface area contributed by atoms with Gasteiger partial charge in [-0.15, -0.1) is 0 Å². The summed E-state index contributed by atoms with van der Waals surface area (Å²) in [4.78, 5) is 22.0. The first-order chi connectivity index (χ1) is 6.27. The number of imide groups is 1. The van der Waals surface area contributed by atoms with Gasteiger partial charge in [-0.1, -0.05) is 30.3 Å². The van der Waals surface area contributed by atoms with E-state index in [0.29, 0.717) is 5.57 Å². The van der Waals surface area contributed by atoms with Gasteiger partial charge in [-0.05, 0) is 5.56 Å². The predicted octanol–water partition coefficient (Wildman–Crippen LogP) is 0.724. The van der Waals surface area contributed by atoms with E-state index in [1.807, 2.05) is 18.2 Å². The Morgan fingerprint density at radius 2 is 1.64 bits per heavy atom. The second-order valence-corrected chi connectivity index (χ2v) is 2.74. The van der Waals surface area contributed by atoms with Crippen LogP contribution < -0.4 is 5.32 Å². The van der Waals surface area contributed by atoms with Gasteiger partial charge in [0.25, 0.3) is 11.8 Å². The zero-order chi connectivity index (χ0) is 9.26. The van der Waals surface area contributed by atoms with Crippen LogP contribution >= 0.6 is 0 Å². The second kappa shape index (κ2) is 4.29. The topological polar surface area (TPSA) is 46.2 Å². The molecule has 0 unspecified atom stereocenters. The van der Waals surface area contributed by atoms with Crippen molar-refractivity contribution in [3.05, 3.63) is 42.0 Å². The Labute approximate surface area is 94.0 Å². The van der Waals surface area contributed by atoms with Crippen LogP contribution in [0.2, 0.25) is 0 Å². The molecule has 0 aliphatic carbocycles. The van der Waals surface area contributed by atoms with Crippen LogP contribution in [0, 0.1) is 0 Å². The molecular weight excluding hydrogens is 267 g/mol. The smallest absolute Gasteiger partial charge is 0.258 e. The molecule has 1 aliphatic heterocycles. The maximum atomic E-state index is 11.2. The molecule has 4 heteroatoms. The van der Waals surface area contributed by atoms with Crippen molar-refractivity contribution >= 4 is 17.4 Å². The summed E-state index contributed by atoms with van der Waals surface area (Å²) in [5.74, 6) is -0.667. The minimum Gasteiger partial charge on any atom is -0.289 e. The average Bonchev–Trinajstić information content (AvgIpc) is 2.47. The summed E-state index contributed by atoms with van der Waals surface area (Å²) in [5, 5.41) is 2.19. The first-order valence-corrected chi connectivity index (χ1v) is 3.90. The van der Waals surface area contributed by atoms with Crippen LogP contribution in [0.15, 0.2) is 36.4 Å².